The number of hydrogen-bond acceptors (Lipinski definition) is 7. The molecule has 1 aromatic rings. The standard InChI is InChI=1S/C19H31N5O3/c1-5-19(26)27-9-8-23-24(4)18(25)12-15-16(21-6-2)10-14(13-20)11-17(15)22-7-3/h8,10-11,21-22H,5-7,9,12-13,20H2,1-4H3. The lowest BCUT2D eigenvalue weighted by Gasteiger charge is -2.19. The highest BCUT2D eigenvalue weighted by Crippen LogP contribution is 2.28. The molecule has 0 radical (unpaired) electrons. The molecule has 0 aliphatic rings. The number of nitrogens with two attached hydrogens (primary N) is 1. The largest absolute Gasteiger partial charge is 0.460 e. The molecule has 1 aromatic carbocycles. The summed E-state index contributed by atoms with van der Waals surface area (Å²) in [5, 5.41) is 11.9. The van der Waals surface area contributed by atoms with E-state index < -0.39 is 0 Å². The second-order valence-electron chi connectivity index (χ2n) is 5.86. The lowest BCUT2D eigenvalue weighted by atomic mass is 10.0. The molecule has 0 aliphatic carbocycles. The van der Waals surface area contributed by atoms with Gasteiger partial charge < -0.3 is 21.1 Å². The van der Waals surface area contributed by atoms with Crippen molar-refractivity contribution in [2.24, 2.45) is 10.8 Å². The van der Waals surface area contributed by atoms with Crippen molar-refractivity contribution < 1.29 is 14.3 Å². The Hall–Kier alpha value is -2.61. The van der Waals surface area contributed by atoms with Crippen LogP contribution in [0.3, 0.4) is 0 Å². The average Bonchev–Trinajstić information content (AvgIpc) is 2.67. The van der Waals surface area contributed by atoms with Gasteiger partial charge in [0.05, 0.1) is 12.6 Å². The van der Waals surface area contributed by atoms with Gasteiger partial charge in [0.1, 0.15) is 6.61 Å². The molecule has 0 aromatic heterocycles. The smallest absolute Gasteiger partial charge is 0.305 e. The maximum atomic E-state index is 12.6. The number of amides is 1. The van der Waals surface area contributed by atoms with Gasteiger partial charge in [-0.05, 0) is 31.5 Å². The highest BCUT2D eigenvalue weighted by molar-refractivity contribution is 5.84. The Bertz CT molecular complexity index is 634. The molecule has 0 saturated heterocycles. The summed E-state index contributed by atoms with van der Waals surface area (Å²) in [6.45, 7) is 7.65. The summed E-state index contributed by atoms with van der Waals surface area (Å²) in [6.07, 6.45) is 1.89. The molecule has 0 atom stereocenters. The number of nitrogens with zero attached hydrogens (tertiary/aromatic N) is 2. The number of carbonyl (C=O) groups is 2. The fourth-order valence-electron chi connectivity index (χ4n) is 2.45. The molecule has 0 saturated carbocycles. The van der Waals surface area contributed by atoms with E-state index >= 15 is 0 Å². The molecule has 1 amide bonds. The van der Waals surface area contributed by atoms with E-state index in [-0.39, 0.29) is 24.9 Å². The van der Waals surface area contributed by atoms with Crippen LogP contribution in [-0.4, -0.2) is 49.8 Å². The first-order valence-electron chi connectivity index (χ1n) is 9.24. The van der Waals surface area contributed by atoms with E-state index in [4.69, 9.17) is 10.5 Å². The number of esters is 1. The number of anilines is 2. The number of ether oxygens (including phenoxy) is 1. The molecule has 8 heteroatoms. The van der Waals surface area contributed by atoms with Crippen molar-refractivity contribution in [2.75, 3.05) is 37.4 Å². The number of hydrogen-bond donors (Lipinski definition) is 3. The van der Waals surface area contributed by atoms with E-state index in [1.807, 2.05) is 26.0 Å². The van der Waals surface area contributed by atoms with Crippen LogP contribution in [0.4, 0.5) is 11.4 Å². The summed E-state index contributed by atoms with van der Waals surface area (Å²) < 4.78 is 4.91. The molecule has 8 nitrogen and oxygen atoms in total. The van der Waals surface area contributed by atoms with E-state index in [0.717, 1.165) is 35.6 Å². The zero-order valence-electron chi connectivity index (χ0n) is 16.7. The normalized spacial score (nSPS) is 10.7. The summed E-state index contributed by atoms with van der Waals surface area (Å²) in [4.78, 5) is 23.7. The molecule has 1 rings (SSSR count). The van der Waals surface area contributed by atoms with Crippen LogP contribution in [0.5, 0.6) is 0 Å². The molecular weight excluding hydrogens is 346 g/mol. The van der Waals surface area contributed by atoms with Crippen molar-refractivity contribution in [3.8, 4) is 0 Å². The molecule has 0 unspecified atom stereocenters. The Morgan fingerprint density at radius 2 is 1.78 bits per heavy atom. The maximum Gasteiger partial charge on any atom is 0.305 e. The minimum Gasteiger partial charge on any atom is -0.460 e. The summed E-state index contributed by atoms with van der Waals surface area (Å²) >= 11 is 0. The minimum atomic E-state index is -0.305. The van der Waals surface area contributed by atoms with Crippen molar-refractivity contribution >= 4 is 29.5 Å². The highest BCUT2D eigenvalue weighted by atomic mass is 16.5. The Kier molecular flexibility index (Phi) is 9.89. The van der Waals surface area contributed by atoms with E-state index in [2.05, 4.69) is 15.7 Å². The first-order valence-corrected chi connectivity index (χ1v) is 9.24. The van der Waals surface area contributed by atoms with Crippen LogP contribution in [0.2, 0.25) is 0 Å². The van der Waals surface area contributed by atoms with Crippen LogP contribution in [-0.2, 0) is 27.3 Å². The predicted molar refractivity (Wildman–Crippen MR) is 109 cm³/mol. The van der Waals surface area contributed by atoms with Crippen molar-refractivity contribution in [1.29, 1.82) is 0 Å². The van der Waals surface area contributed by atoms with Crippen LogP contribution < -0.4 is 16.4 Å². The van der Waals surface area contributed by atoms with Gasteiger partial charge in [-0.1, -0.05) is 6.92 Å². The van der Waals surface area contributed by atoms with Gasteiger partial charge in [0.15, 0.2) is 0 Å². The molecule has 27 heavy (non-hydrogen) atoms. The third-order valence-corrected chi connectivity index (χ3v) is 3.83. The number of rotatable bonds is 11. The fraction of sp³-hybridized carbons (Fsp3) is 0.526. The van der Waals surface area contributed by atoms with Crippen molar-refractivity contribution in [1.82, 2.24) is 5.01 Å². The summed E-state index contributed by atoms with van der Waals surface area (Å²) in [7, 11) is 1.58. The lowest BCUT2D eigenvalue weighted by Crippen LogP contribution is -2.25. The van der Waals surface area contributed by atoms with Gasteiger partial charge in [-0.25, -0.2) is 5.01 Å². The predicted octanol–water partition coefficient (Wildman–Crippen LogP) is 1.95. The van der Waals surface area contributed by atoms with Crippen LogP contribution in [0, 0.1) is 0 Å². The second kappa shape index (κ2) is 11.9. The van der Waals surface area contributed by atoms with Crippen LogP contribution >= 0.6 is 0 Å². The van der Waals surface area contributed by atoms with Gasteiger partial charge in [0.25, 0.3) is 0 Å². The third-order valence-electron chi connectivity index (χ3n) is 3.83. The highest BCUT2D eigenvalue weighted by Gasteiger charge is 2.16. The van der Waals surface area contributed by atoms with E-state index in [1.165, 1.54) is 11.2 Å². The molecule has 0 aliphatic heterocycles. The number of nitrogens with one attached hydrogen (secondary N) is 2. The second-order valence-corrected chi connectivity index (χ2v) is 5.86. The molecule has 150 valence electrons. The van der Waals surface area contributed by atoms with Gasteiger partial charge >= 0.3 is 5.97 Å². The molecule has 0 bridgehead atoms. The first kappa shape index (κ1) is 22.4. The summed E-state index contributed by atoms with van der Waals surface area (Å²) in [5.41, 5.74) is 9.43. The van der Waals surface area contributed by atoms with Crippen molar-refractivity contribution in [3.05, 3.63) is 23.3 Å². The van der Waals surface area contributed by atoms with E-state index in [0.29, 0.717) is 13.0 Å². The molecule has 4 N–H and O–H groups in total. The lowest BCUT2D eigenvalue weighted by molar-refractivity contribution is -0.141. The molecule has 0 spiro atoms. The molecule has 0 fully saturated rings. The third kappa shape index (κ3) is 7.26. The number of hydrazone groups is 1. The van der Waals surface area contributed by atoms with Gasteiger partial charge in [0, 0.05) is 50.0 Å². The Labute approximate surface area is 161 Å². The van der Waals surface area contributed by atoms with Crippen LogP contribution in [0.25, 0.3) is 0 Å². The minimum absolute atomic E-state index is 0.0424. The Morgan fingerprint density at radius 1 is 1.19 bits per heavy atom. The maximum absolute atomic E-state index is 12.6. The first-order chi connectivity index (χ1) is 13.0. The number of carbonyl (C=O) groups excluding carboxylic acids is 2. The number of benzene rings is 1. The van der Waals surface area contributed by atoms with Crippen LogP contribution in [0.1, 0.15) is 38.3 Å². The zero-order valence-corrected chi connectivity index (χ0v) is 16.7. The van der Waals surface area contributed by atoms with Crippen molar-refractivity contribution in [3.63, 3.8) is 0 Å². The molecular formula is C19H31N5O3. The monoisotopic (exact) mass is 377 g/mol. The SMILES string of the molecule is CCNc1cc(CN)cc(NCC)c1CC(=O)N(C)N=CCOC(=O)CC. The fourth-order valence-corrected chi connectivity index (χ4v) is 2.45. The van der Waals surface area contributed by atoms with Gasteiger partial charge in [-0.15, -0.1) is 0 Å². The summed E-state index contributed by atoms with van der Waals surface area (Å²) in [6, 6.07) is 3.95. The molecule has 0 heterocycles. The summed E-state index contributed by atoms with van der Waals surface area (Å²) in [5.74, 6) is -0.479. The van der Waals surface area contributed by atoms with E-state index in [9.17, 15) is 9.59 Å². The van der Waals surface area contributed by atoms with Gasteiger partial charge in [-0.2, -0.15) is 5.10 Å². The van der Waals surface area contributed by atoms with Crippen LogP contribution in [0.15, 0.2) is 17.2 Å². The topological polar surface area (TPSA) is 109 Å². The van der Waals surface area contributed by atoms with Crippen molar-refractivity contribution in [2.45, 2.75) is 40.2 Å². The zero-order chi connectivity index (χ0) is 20.2. The van der Waals surface area contributed by atoms with Gasteiger partial charge in [0.2, 0.25) is 5.91 Å². The van der Waals surface area contributed by atoms with Gasteiger partial charge in [-0.3, -0.25) is 9.59 Å². The number of likely N-dealkylation sites (N-methyl/N-ethyl adjacent to an activating group) is 1. The Balaban J connectivity index is 2.92. The average molecular weight is 377 g/mol. The van der Waals surface area contributed by atoms with E-state index in [1.54, 1.807) is 14.0 Å². The Morgan fingerprint density at radius 3 is 2.26 bits per heavy atom. The quantitative estimate of drug-likeness (QED) is 0.309.